The number of para-hydroxylation sites is 1. The number of fused-ring (bicyclic) bond motifs is 1. The molecule has 2 heterocycles. The highest BCUT2D eigenvalue weighted by atomic mass is 79.9. The van der Waals surface area contributed by atoms with Crippen molar-refractivity contribution in [1.29, 1.82) is 0 Å². The minimum Gasteiger partial charge on any atom is -0.493 e. The maximum atomic E-state index is 10.9. The number of nitrogens with zero attached hydrogens (tertiary/aromatic N) is 3. The van der Waals surface area contributed by atoms with Gasteiger partial charge in [-0.2, -0.15) is 0 Å². The van der Waals surface area contributed by atoms with Gasteiger partial charge < -0.3 is 5.11 Å². The number of benzene rings is 2. The Kier molecular flexibility index (Phi) is 4.10. The summed E-state index contributed by atoms with van der Waals surface area (Å²) in [6.45, 7) is 0. The molecule has 5 rings (SSSR count). The van der Waals surface area contributed by atoms with Crippen molar-refractivity contribution in [3.05, 3.63) is 68.2 Å². The van der Waals surface area contributed by atoms with Crippen LogP contribution in [0.1, 0.15) is 29.3 Å². The first kappa shape index (κ1) is 16.7. The molecule has 1 fully saturated rings. The normalized spacial score (nSPS) is 17.7. The molecule has 0 atom stereocenters. The molecular weight excluding hydrogens is 422 g/mol. The molecule has 1 saturated carbocycles. The highest BCUT2D eigenvalue weighted by Gasteiger charge is 2.29. The molecule has 134 valence electrons. The van der Waals surface area contributed by atoms with Crippen molar-refractivity contribution in [2.45, 2.75) is 18.9 Å². The minimum atomic E-state index is 0.293. The standard InChI is InChI=1S/C21H16BrN3OS/c22-14-6-9-18-17(11-14)13(12-23-18)10-19-20(26)25(16-7-8-16)21(27-19)24-15-4-2-1-3-5-15/h1-6,9-12,16,26H,7-8H2. The molecule has 3 aromatic rings. The molecule has 1 aliphatic heterocycles. The van der Waals surface area contributed by atoms with Crippen molar-refractivity contribution in [2.75, 3.05) is 0 Å². The van der Waals surface area contributed by atoms with E-state index < -0.39 is 0 Å². The first-order valence-electron chi connectivity index (χ1n) is 8.79. The van der Waals surface area contributed by atoms with E-state index in [0.717, 1.165) is 49.5 Å². The Balaban J connectivity index is 1.63. The summed E-state index contributed by atoms with van der Waals surface area (Å²) in [7, 11) is 0. The number of hydrogen-bond donors (Lipinski definition) is 1. The number of aliphatic imine (C=N–C) groups is 1. The van der Waals surface area contributed by atoms with Crippen LogP contribution in [0.2, 0.25) is 0 Å². The van der Waals surface area contributed by atoms with Gasteiger partial charge in [0.15, 0.2) is 4.80 Å². The first-order chi connectivity index (χ1) is 13.2. The number of aromatic hydroxyl groups is 1. The summed E-state index contributed by atoms with van der Waals surface area (Å²) in [5.41, 5.74) is 3.91. The summed E-state index contributed by atoms with van der Waals surface area (Å²) in [6.07, 6.45) is 6.02. The molecule has 0 spiro atoms. The number of thiazole rings is 1. The highest BCUT2D eigenvalue weighted by molar-refractivity contribution is 9.10. The van der Waals surface area contributed by atoms with Gasteiger partial charge in [0.05, 0.1) is 16.3 Å². The molecule has 6 heteroatoms. The van der Waals surface area contributed by atoms with Crippen LogP contribution in [0.4, 0.5) is 11.4 Å². The Bertz CT molecular complexity index is 1150. The van der Waals surface area contributed by atoms with Crippen LogP contribution in [0.3, 0.4) is 0 Å². The maximum Gasteiger partial charge on any atom is 0.211 e. The van der Waals surface area contributed by atoms with Crippen LogP contribution in [0, 0.1) is 0 Å². The lowest BCUT2D eigenvalue weighted by molar-refractivity contribution is 0.413. The van der Waals surface area contributed by atoms with E-state index in [-0.39, 0.29) is 0 Å². The molecule has 0 bridgehead atoms. The number of hydrogen-bond acceptors (Lipinski definition) is 4. The van der Waals surface area contributed by atoms with Gasteiger partial charge in [0.25, 0.3) is 0 Å². The average molecular weight is 438 g/mol. The van der Waals surface area contributed by atoms with Gasteiger partial charge in [-0.15, -0.1) is 0 Å². The third-order valence-electron chi connectivity index (χ3n) is 4.65. The van der Waals surface area contributed by atoms with Gasteiger partial charge in [0.2, 0.25) is 5.88 Å². The lowest BCUT2D eigenvalue weighted by atomic mass is 10.1. The average Bonchev–Trinajstić information content (AvgIpc) is 3.36. The predicted octanol–water partition coefficient (Wildman–Crippen LogP) is 5.84. The van der Waals surface area contributed by atoms with E-state index >= 15 is 0 Å². The van der Waals surface area contributed by atoms with Crippen LogP contribution < -0.4 is 4.80 Å². The predicted molar refractivity (Wildman–Crippen MR) is 114 cm³/mol. The fraction of sp³-hybridized carbons (Fsp3) is 0.143. The third kappa shape index (κ3) is 3.19. The highest BCUT2D eigenvalue weighted by Crippen LogP contribution is 2.41. The molecule has 0 unspecified atom stereocenters. The zero-order valence-corrected chi connectivity index (χ0v) is 16.7. The Hall–Kier alpha value is -2.44. The van der Waals surface area contributed by atoms with E-state index in [1.165, 1.54) is 11.3 Å². The van der Waals surface area contributed by atoms with Crippen LogP contribution in [-0.4, -0.2) is 15.9 Å². The van der Waals surface area contributed by atoms with Crippen LogP contribution in [0.25, 0.3) is 11.6 Å². The largest absolute Gasteiger partial charge is 0.493 e. The molecular formula is C21H16BrN3OS. The van der Waals surface area contributed by atoms with E-state index in [4.69, 9.17) is 4.99 Å². The smallest absolute Gasteiger partial charge is 0.211 e. The van der Waals surface area contributed by atoms with Gasteiger partial charge in [-0.25, -0.2) is 4.99 Å². The maximum absolute atomic E-state index is 10.9. The molecule has 2 aromatic carbocycles. The van der Waals surface area contributed by atoms with Gasteiger partial charge in [0, 0.05) is 27.9 Å². The van der Waals surface area contributed by atoms with Crippen molar-refractivity contribution in [1.82, 2.24) is 4.57 Å². The number of rotatable bonds is 3. The third-order valence-corrected chi connectivity index (χ3v) is 6.13. The molecule has 27 heavy (non-hydrogen) atoms. The van der Waals surface area contributed by atoms with E-state index in [1.807, 2.05) is 59.3 Å². The first-order valence-corrected chi connectivity index (χ1v) is 10.4. The summed E-state index contributed by atoms with van der Waals surface area (Å²) in [4.78, 5) is 10.9. The van der Waals surface area contributed by atoms with E-state index in [0.29, 0.717) is 11.9 Å². The van der Waals surface area contributed by atoms with Crippen LogP contribution in [0.5, 0.6) is 5.88 Å². The number of halogens is 1. The van der Waals surface area contributed by atoms with Gasteiger partial charge in [-0.3, -0.25) is 9.56 Å². The van der Waals surface area contributed by atoms with Crippen molar-refractivity contribution in [3.63, 3.8) is 0 Å². The molecule has 2 aliphatic rings. The van der Waals surface area contributed by atoms with Crippen molar-refractivity contribution < 1.29 is 5.11 Å². The minimum absolute atomic E-state index is 0.293. The van der Waals surface area contributed by atoms with E-state index in [2.05, 4.69) is 27.0 Å². The van der Waals surface area contributed by atoms with Crippen molar-refractivity contribution in [2.24, 2.45) is 9.98 Å². The van der Waals surface area contributed by atoms with Gasteiger partial charge in [0.1, 0.15) is 0 Å². The summed E-state index contributed by atoms with van der Waals surface area (Å²) < 4.78 is 2.98. The van der Waals surface area contributed by atoms with Crippen LogP contribution in [0.15, 0.2) is 63.0 Å². The Morgan fingerprint density at radius 2 is 2.00 bits per heavy atom. The fourth-order valence-corrected chi connectivity index (χ4v) is 4.58. The summed E-state index contributed by atoms with van der Waals surface area (Å²) in [5.74, 6) is 0.293. The zero-order chi connectivity index (χ0) is 18.4. The zero-order valence-electron chi connectivity index (χ0n) is 14.3. The monoisotopic (exact) mass is 437 g/mol. The van der Waals surface area contributed by atoms with Crippen LogP contribution in [-0.2, 0) is 0 Å². The number of allylic oxidation sites excluding steroid dienone is 1. The molecule has 1 aromatic heterocycles. The quantitative estimate of drug-likeness (QED) is 0.549. The molecule has 0 radical (unpaired) electrons. The van der Waals surface area contributed by atoms with Crippen molar-refractivity contribution in [3.8, 4) is 5.88 Å². The second-order valence-corrected chi connectivity index (χ2v) is 8.57. The van der Waals surface area contributed by atoms with E-state index in [9.17, 15) is 5.11 Å². The molecule has 1 N–H and O–H groups in total. The SMILES string of the molecule is Oc1c(C=C2C=Nc3ccc(Br)cc32)sc(=Nc2ccccc2)n1C1CC1. The summed E-state index contributed by atoms with van der Waals surface area (Å²) >= 11 is 5.04. The van der Waals surface area contributed by atoms with Crippen molar-refractivity contribution >= 4 is 56.5 Å². The summed E-state index contributed by atoms with van der Waals surface area (Å²) in [6, 6.07) is 16.3. The second-order valence-electron chi connectivity index (χ2n) is 6.64. The number of aromatic nitrogens is 1. The molecule has 0 amide bonds. The molecule has 1 aliphatic carbocycles. The van der Waals surface area contributed by atoms with Gasteiger partial charge >= 0.3 is 0 Å². The molecule has 4 nitrogen and oxygen atoms in total. The Morgan fingerprint density at radius 1 is 1.19 bits per heavy atom. The lowest BCUT2D eigenvalue weighted by Gasteiger charge is -2.03. The topological polar surface area (TPSA) is 49.9 Å². The lowest BCUT2D eigenvalue weighted by Crippen LogP contribution is -2.12. The van der Waals surface area contributed by atoms with Crippen LogP contribution >= 0.6 is 27.3 Å². The van der Waals surface area contributed by atoms with E-state index in [1.54, 1.807) is 0 Å². The Labute approximate surface area is 169 Å². The molecule has 0 saturated heterocycles. The fourth-order valence-electron chi connectivity index (χ4n) is 3.16. The Morgan fingerprint density at radius 3 is 2.78 bits per heavy atom. The van der Waals surface area contributed by atoms with Gasteiger partial charge in [-0.05, 0) is 49.2 Å². The second kappa shape index (κ2) is 6.62. The summed E-state index contributed by atoms with van der Waals surface area (Å²) in [5, 5.41) is 10.9. The van der Waals surface area contributed by atoms with Gasteiger partial charge in [-0.1, -0.05) is 45.5 Å².